The van der Waals surface area contributed by atoms with Crippen molar-refractivity contribution in [2.75, 3.05) is 5.73 Å². The van der Waals surface area contributed by atoms with Crippen LogP contribution in [0.4, 0.5) is 27.6 Å². The molecule has 0 heterocycles. The van der Waals surface area contributed by atoms with E-state index in [4.69, 9.17) is 5.73 Å². The highest BCUT2D eigenvalue weighted by atomic mass is 79.9. The molecule has 3 nitrogen and oxygen atoms in total. The average molecular weight is 322 g/mol. The Kier molecular flexibility index (Phi) is 4.02. The molecule has 1 aromatic rings. The number of benzene rings is 1. The highest BCUT2D eigenvalue weighted by molar-refractivity contribution is 9.10. The van der Waals surface area contributed by atoms with E-state index in [2.05, 4.69) is 25.4 Å². The van der Waals surface area contributed by atoms with Crippen molar-refractivity contribution in [2.24, 2.45) is 0 Å². The molecule has 0 aliphatic carbocycles. The maximum atomic E-state index is 12.0. The van der Waals surface area contributed by atoms with E-state index in [-0.39, 0.29) is 10.2 Å². The van der Waals surface area contributed by atoms with Crippen molar-refractivity contribution in [3.63, 3.8) is 0 Å². The van der Waals surface area contributed by atoms with E-state index in [1.807, 2.05) is 0 Å². The number of hydrogen-bond donors (Lipinski definition) is 1. The van der Waals surface area contributed by atoms with Crippen LogP contribution in [0.1, 0.15) is 0 Å². The quantitative estimate of drug-likeness (QED) is 0.684. The van der Waals surface area contributed by atoms with Gasteiger partial charge in [-0.1, -0.05) is 0 Å². The molecule has 0 atom stereocenters. The van der Waals surface area contributed by atoms with Gasteiger partial charge < -0.3 is 15.2 Å². The molecule has 9 heteroatoms. The average Bonchev–Trinajstić information content (AvgIpc) is 2.15. The van der Waals surface area contributed by atoms with E-state index in [1.165, 1.54) is 0 Å². The zero-order chi connectivity index (χ0) is 13.2. The van der Waals surface area contributed by atoms with E-state index in [9.17, 15) is 22.0 Å². The maximum Gasteiger partial charge on any atom is 0.573 e. The van der Waals surface area contributed by atoms with Crippen LogP contribution in [0.3, 0.4) is 0 Å². The number of alkyl halides is 5. The minimum Gasteiger partial charge on any atom is -0.430 e. The molecule has 0 radical (unpaired) electrons. The summed E-state index contributed by atoms with van der Waals surface area (Å²) in [6, 6.07) is 1.84. The first-order valence-electron chi connectivity index (χ1n) is 3.99. The van der Waals surface area contributed by atoms with Gasteiger partial charge in [0.2, 0.25) is 0 Å². The Morgan fingerprint density at radius 2 is 1.82 bits per heavy atom. The Bertz CT molecular complexity index is 410. The Hall–Kier alpha value is -1.25. The molecule has 1 rings (SSSR count). The number of nitrogens with two attached hydrogens (primary N) is 1. The molecular weight excluding hydrogens is 317 g/mol. The van der Waals surface area contributed by atoms with Crippen LogP contribution in [0.5, 0.6) is 11.5 Å². The number of nitrogen functional groups attached to an aromatic ring is 1. The lowest BCUT2D eigenvalue weighted by atomic mass is 10.3. The standard InChI is InChI=1S/C8H5BrF5NO2/c9-5-3(15)1-2-4(17-8(12,13)14)6(5)16-7(10)11/h1-2,7H,15H2. The maximum absolute atomic E-state index is 12.0. The summed E-state index contributed by atoms with van der Waals surface area (Å²) in [5, 5.41) is 0. The lowest BCUT2D eigenvalue weighted by molar-refractivity contribution is -0.275. The van der Waals surface area contributed by atoms with Crippen LogP contribution >= 0.6 is 15.9 Å². The van der Waals surface area contributed by atoms with Gasteiger partial charge in [-0.25, -0.2) is 0 Å². The summed E-state index contributed by atoms with van der Waals surface area (Å²) in [6.07, 6.45) is -5.02. The minimum absolute atomic E-state index is 0.0600. The fourth-order valence-corrected chi connectivity index (χ4v) is 1.38. The van der Waals surface area contributed by atoms with Crippen LogP contribution in [-0.4, -0.2) is 13.0 Å². The molecule has 0 saturated carbocycles. The van der Waals surface area contributed by atoms with E-state index in [0.29, 0.717) is 0 Å². The van der Waals surface area contributed by atoms with Crippen LogP contribution < -0.4 is 15.2 Å². The Balaban J connectivity index is 3.15. The van der Waals surface area contributed by atoms with E-state index < -0.39 is 24.5 Å². The van der Waals surface area contributed by atoms with Gasteiger partial charge in [0, 0.05) is 5.69 Å². The highest BCUT2D eigenvalue weighted by Gasteiger charge is 2.33. The molecule has 0 amide bonds. The van der Waals surface area contributed by atoms with Crippen LogP contribution in [0.25, 0.3) is 0 Å². The van der Waals surface area contributed by atoms with Gasteiger partial charge in [-0.15, -0.1) is 13.2 Å². The summed E-state index contributed by atoms with van der Waals surface area (Å²) in [5.41, 5.74) is 5.26. The molecule has 0 aliphatic rings. The molecule has 0 aromatic heterocycles. The van der Waals surface area contributed by atoms with E-state index in [0.717, 1.165) is 12.1 Å². The van der Waals surface area contributed by atoms with Gasteiger partial charge >= 0.3 is 13.0 Å². The molecule has 0 fully saturated rings. The topological polar surface area (TPSA) is 44.5 Å². The zero-order valence-electron chi connectivity index (χ0n) is 7.89. The lowest BCUT2D eigenvalue weighted by Gasteiger charge is -2.15. The number of rotatable bonds is 3. The summed E-state index contributed by atoms with van der Waals surface area (Å²) < 4.78 is 67.2. The Morgan fingerprint density at radius 1 is 1.24 bits per heavy atom. The van der Waals surface area contributed by atoms with Gasteiger partial charge in [-0.2, -0.15) is 8.78 Å². The second-order valence-corrected chi connectivity index (χ2v) is 3.52. The van der Waals surface area contributed by atoms with Crippen LogP contribution in [0.15, 0.2) is 16.6 Å². The third-order valence-corrected chi connectivity index (χ3v) is 2.34. The summed E-state index contributed by atoms with van der Waals surface area (Å²) in [4.78, 5) is 0. The van der Waals surface area contributed by atoms with Gasteiger partial charge in [-0.05, 0) is 28.1 Å². The van der Waals surface area contributed by atoms with Crippen molar-refractivity contribution in [1.29, 1.82) is 0 Å². The SMILES string of the molecule is Nc1ccc(OC(F)(F)F)c(OC(F)F)c1Br. The summed E-state index contributed by atoms with van der Waals surface area (Å²) in [5.74, 6) is -1.71. The van der Waals surface area contributed by atoms with Gasteiger partial charge in [0.1, 0.15) is 0 Å². The number of halogens is 6. The summed E-state index contributed by atoms with van der Waals surface area (Å²) in [6.45, 7) is -3.30. The Morgan fingerprint density at radius 3 is 2.29 bits per heavy atom. The van der Waals surface area contributed by atoms with Crippen molar-refractivity contribution >= 4 is 21.6 Å². The molecule has 17 heavy (non-hydrogen) atoms. The monoisotopic (exact) mass is 321 g/mol. The van der Waals surface area contributed by atoms with Gasteiger partial charge in [0.05, 0.1) is 4.47 Å². The largest absolute Gasteiger partial charge is 0.573 e. The second kappa shape index (κ2) is 4.94. The van der Waals surface area contributed by atoms with Gasteiger partial charge in [0.15, 0.2) is 11.5 Å². The first kappa shape index (κ1) is 13.8. The number of anilines is 1. The fourth-order valence-electron chi connectivity index (χ4n) is 0.958. The second-order valence-electron chi connectivity index (χ2n) is 2.72. The third-order valence-electron chi connectivity index (χ3n) is 1.52. The van der Waals surface area contributed by atoms with Crippen molar-refractivity contribution in [2.45, 2.75) is 13.0 Å². The van der Waals surface area contributed by atoms with E-state index in [1.54, 1.807) is 0 Å². The van der Waals surface area contributed by atoms with Crippen molar-refractivity contribution in [1.82, 2.24) is 0 Å². The first-order chi connectivity index (χ1) is 7.70. The molecule has 0 unspecified atom stereocenters. The van der Waals surface area contributed by atoms with Gasteiger partial charge in [0.25, 0.3) is 0 Å². The fraction of sp³-hybridized carbons (Fsp3) is 0.250. The highest BCUT2D eigenvalue weighted by Crippen LogP contribution is 2.42. The molecule has 1 aromatic carbocycles. The lowest BCUT2D eigenvalue weighted by Crippen LogP contribution is -2.18. The first-order valence-corrected chi connectivity index (χ1v) is 4.78. The molecule has 2 N–H and O–H groups in total. The normalized spacial score (nSPS) is 11.7. The van der Waals surface area contributed by atoms with Gasteiger partial charge in [-0.3, -0.25) is 0 Å². The molecule has 96 valence electrons. The van der Waals surface area contributed by atoms with Crippen LogP contribution in [-0.2, 0) is 0 Å². The summed E-state index contributed by atoms with van der Waals surface area (Å²) in [7, 11) is 0. The van der Waals surface area contributed by atoms with Crippen molar-refractivity contribution in [3.8, 4) is 11.5 Å². The Labute approximate surface area is 100 Å². The molecule has 0 spiro atoms. The van der Waals surface area contributed by atoms with Crippen LogP contribution in [0.2, 0.25) is 0 Å². The molecule has 0 aliphatic heterocycles. The number of ether oxygens (including phenoxy) is 2. The predicted octanol–water partition coefficient (Wildman–Crippen LogP) is 3.53. The predicted molar refractivity (Wildman–Crippen MR) is 51.9 cm³/mol. The van der Waals surface area contributed by atoms with E-state index >= 15 is 0 Å². The molecular formula is C8H5BrF5NO2. The zero-order valence-corrected chi connectivity index (χ0v) is 9.48. The minimum atomic E-state index is -5.02. The summed E-state index contributed by atoms with van der Waals surface area (Å²) >= 11 is 2.74. The molecule has 0 bridgehead atoms. The van der Waals surface area contributed by atoms with Crippen molar-refractivity contribution < 1.29 is 31.4 Å². The van der Waals surface area contributed by atoms with Crippen molar-refractivity contribution in [3.05, 3.63) is 16.6 Å². The smallest absolute Gasteiger partial charge is 0.430 e. The molecule has 0 saturated heterocycles. The van der Waals surface area contributed by atoms with Crippen LogP contribution in [0, 0.1) is 0 Å². The number of hydrogen-bond acceptors (Lipinski definition) is 3. The third kappa shape index (κ3) is 3.91.